The lowest BCUT2D eigenvalue weighted by Gasteiger charge is -2.25. The van der Waals surface area contributed by atoms with Gasteiger partial charge in [-0.3, -0.25) is 14.5 Å². The zero-order valence-electron chi connectivity index (χ0n) is 18.7. The fourth-order valence-electron chi connectivity index (χ4n) is 4.58. The summed E-state index contributed by atoms with van der Waals surface area (Å²) in [6, 6.07) is 9.92. The van der Waals surface area contributed by atoms with Crippen molar-refractivity contribution in [2.75, 3.05) is 29.5 Å². The van der Waals surface area contributed by atoms with Gasteiger partial charge in [-0.05, 0) is 62.1 Å². The average Bonchev–Trinajstić information content (AvgIpc) is 3.55. The number of rotatable bonds is 5. The van der Waals surface area contributed by atoms with Crippen LogP contribution in [0.25, 0.3) is 10.2 Å². The molecule has 3 heterocycles. The Hall–Kier alpha value is -2.84. The summed E-state index contributed by atoms with van der Waals surface area (Å²) in [6.45, 7) is 5.47. The Morgan fingerprint density at radius 3 is 2.67 bits per heavy atom. The fourth-order valence-corrected chi connectivity index (χ4v) is 5.71. The Morgan fingerprint density at radius 1 is 1.21 bits per heavy atom. The molecular weight excluding hydrogens is 441 g/mol. The molecule has 2 atom stereocenters. The first-order valence-corrected chi connectivity index (χ1v) is 12.1. The number of ether oxygens (including phenoxy) is 1. The Kier molecular flexibility index (Phi) is 5.88. The second-order valence-electron chi connectivity index (χ2n) is 8.84. The predicted octanol–water partition coefficient (Wildman–Crippen LogP) is 4.62. The van der Waals surface area contributed by atoms with E-state index in [1.165, 1.54) is 23.5 Å². The highest BCUT2D eigenvalue weighted by Gasteiger charge is 2.39. The van der Waals surface area contributed by atoms with Crippen LogP contribution < -0.4 is 9.80 Å². The lowest BCUT2D eigenvalue weighted by atomic mass is 10.1. The topological polar surface area (TPSA) is 62.7 Å². The van der Waals surface area contributed by atoms with E-state index in [1.807, 2.05) is 19.9 Å². The van der Waals surface area contributed by atoms with Gasteiger partial charge in [-0.25, -0.2) is 9.37 Å². The number of aryl methyl sites for hydroxylation is 2. The second-order valence-corrected chi connectivity index (χ2v) is 9.82. The SMILES string of the molecule is Cc1ccc(C)c2sc(N(CC3CCCO3)C(=O)C3CC(=O)N(c4ccc(F)cc4)C3)nc12. The smallest absolute Gasteiger partial charge is 0.234 e. The van der Waals surface area contributed by atoms with Crippen LogP contribution in [0, 0.1) is 25.6 Å². The molecule has 2 saturated heterocycles. The summed E-state index contributed by atoms with van der Waals surface area (Å²) in [5, 5.41) is 0.649. The third kappa shape index (κ3) is 4.25. The number of anilines is 2. The summed E-state index contributed by atoms with van der Waals surface area (Å²) >= 11 is 1.51. The maximum atomic E-state index is 13.8. The van der Waals surface area contributed by atoms with Crippen molar-refractivity contribution in [1.29, 1.82) is 0 Å². The van der Waals surface area contributed by atoms with Gasteiger partial charge in [0.05, 0.1) is 28.8 Å². The van der Waals surface area contributed by atoms with Crippen LogP contribution in [0.2, 0.25) is 0 Å². The van der Waals surface area contributed by atoms with Gasteiger partial charge < -0.3 is 9.64 Å². The minimum Gasteiger partial charge on any atom is -0.376 e. The van der Waals surface area contributed by atoms with Crippen molar-refractivity contribution >= 4 is 44.2 Å². The molecule has 2 aromatic carbocycles. The average molecular weight is 468 g/mol. The van der Waals surface area contributed by atoms with Crippen LogP contribution in [0.15, 0.2) is 36.4 Å². The van der Waals surface area contributed by atoms with Gasteiger partial charge in [-0.2, -0.15) is 0 Å². The van der Waals surface area contributed by atoms with Crippen molar-refractivity contribution in [3.05, 3.63) is 53.3 Å². The van der Waals surface area contributed by atoms with Gasteiger partial charge in [0.2, 0.25) is 11.8 Å². The zero-order valence-corrected chi connectivity index (χ0v) is 19.5. The number of amides is 2. The standard InChI is InChI=1S/C25H26FN3O3S/c1-15-5-6-16(2)23-22(15)27-25(33-23)29(14-20-4-3-11-32-20)24(31)17-12-21(30)28(13-17)19-9-7-18(26)8-10-19/h5-10,17,20H,3-4,11-14H2,1-2H3. The number of aromatic nitrogens is 1. The van der Waals surface area contributed by atoms with Crippen LogP contribution in [-0.2, 0) is 14.3 Å². The number of carbonyl (C=O) groups excluding carboxylic acids is 2. The third-order valence-corrected chi connectivity index (χ3v) is 7.66. The minimum atomic E-state index is -0.488. The third-order valence-electron chi connectivity index (χ3n) is 6.45. The lowest BCUT2D eigenvalue weighted by molar-refractivity contribution is -0.124. The predicted molar refractivity (Wildman–Crippen MR) is 127 cm³/mol. The molecule has 0 bridgehead atoms. The molecule has 0 spiro atoms. The normalized spacial score (nSPS) is 20.7. The number of hydrogen-bond acceptors (Lipinski definition) is 5. The van der Waals surface area contributed by atoms with Crippen molar-refractivity contribution in [2.45, 2.75) is 39.2 Å². The summed E-state index contributed by atoms with van der Waals surface area (Å²) in [6.07, 6.45) is 1.97. The van der Waals surface area contributed by atoms with E-state index in [-0.39, 0.29) is 36.7 Å². The number of thiazole rings is 1. The van der Waals surface area contributed by atoms with E-state index in [2.05, 4.69) is 6.07 Å². The number of fused-ring (bicyclic) bond motifs is 1. The molecule has 0 radical (unpaired) electrons. The maximum absolute atomic E-state index is 13.8. The van der Waals surface area contributed by atoms with Gasteiger partial charge in [-0.1, -0.05) is 23.5 Å². The Labute approximate surface area is 196 Å². The first-order chi connectivity index (χ1) is 15.9. The molecule has 2 aliphatic heterocycles. The first kappa shape index (κ1) is 22.0. The molecule has 2 fully saturated rings. The molecule has 8 heteroatoms. The van der Waals surface area contributed by atoms with Crippen LogP contribution in [0.3, 0.4) is 0 Å². The molecule has 3 aromatic rings. The van der Waals surface area contributed by atoms with Gasteiger partial charge in [0, 0.05) is 25.3 Å². The summed E-state index contributed by atoms with van der Waals surface area (Å²) in [5.74, 6) is -1.09. The zero-order chi connectivity index (χ0) is 23.1. The van der Waals surface area contributed by atoms with Crippen molar-refractivity contribution in [1.82, 2.24) is 4.98 Å². The number of carbonyl (C=O) groups is 2. The number of benzene rings is 2. The molecule has 6 nitrogen and oxygen atoms in total. The van der Waals surface area contributed by atoms with E-state index in [1.54, 1.807) is 21.9 Å². The molecule has 0 saturated carbocycles. The summed E-state index contributed by atoms with van der Waals surface area (Å²) in [7, 11) is 0. The second kappa shape index (κ2) is 8.83. The summed E-state index contributed by atoms with van der Waals surface area (Å²) < 4.78 is 20.2. The van der Waals surface area contributed by atoms with Crippen molar-refractivity contribution in [3.63, 3.8) is 0 Å². The molecule has 2 aliphatic rings. The quantitative estimate of drug-likeness (QED) is 0.550. The van der Waals surface area contributed by atoms with Crippen LogP contribution >= 0.6 is 11.3 Å². The molecule has 0 aliphatic carbocycles. The molecule has 5 rings (SSSR count). The number of halogens is 1. The van der Waals surface area contributed by atoms with Crippen molar-refractivity contribution < 1.29 is 18.7 Å². The van der Waals surface area contributed by atoms with Crippen LogP contribution in [-0.4, -0.2) is 42.6 Å². The monoisotopic (exact) mass is 467 g/mol. The fraction of sp³-hybridized carbons (Fsp3) is 0.400. The van der Waals surface area contributed by atoms with E-state index < -0.39 is 5.92 Å². The van der Waals surface area contributed by atoms with E-state index in [4.69, 9.17) is 9.72 Å². The van der Waals surface area contributed by atoms with Gasteiger partial charge in [0.1, 0.15) is 5.82 Å². The Bertz CT molecular complexity index is 1160. The largest absolute Gasteiger partial charge is 0.376 e. The highest BCUT2D eigenvalue weighted by Crippen LogP contribution is 2.35. The lowest BCUT2D eigenvalue weighted by Crippen LogP contribution is -2.42. The maximum Gasteiger partial charge on any atom is 0.234 e. The van der Waals surface area contributed by atoms with Crippen LogP contribution in [0.5, 0.6) is 0 Å². The van der Waals surface area contributed by atoms with Crippen molar-refractivity contribution in [2.24, 2.45) is 5.92 Å². The molecule has 1 aromatic heterocycles. The molecule has 172 valence electrons. The Morgan fingerprint density at radius 2 is 1.97 bits per heavy atom. The molecule has 33 heavy (non-hydrogen) atoms. The van der Waals surface area contributed by atoms with E-state index in [0.29, 0.717) is 24.0 Å². The van der Waals surface area contributed by atoms with Gasteiger partial charge in [0.25, 0.3) is 0 Å². The van der Waals surface area contributed by atoms with Gasteiger partial charge >= 0.3 is 0 Å². The summed E-state index contributed by atoms with van der Waals surface area (Å²) in [5.41, 5.74) is 3.72. The number of hydrogen-bond donors (Lipinski definition) is 0. The van der Waals surface area contributed by atoms with E-state index in [0.717, 1.165) is 34.2 Å². The highest BCUT2D eigenvalue weighted by molar-refractivity contribution is 7.22. The molecule has 2 unspecified atom stereocenters. The number of nitrogens with zero attached hydrogens (tertiary/aromatic N) is 3. The highest BCUT2D eigenvalue weighted by atomic mass is 32.1. The van der Waals surface area contributed by atoms with Gasteiger partial charge in [0.15, 0.2) is 5.13 Å². The van der Waals surface area contributed by atoms with Gasteiger partial charge in [-0.15, -0.1) is 0 Å². The van der Waals surface area contributed by atoms with E-state index in [9.17, 15) is 14.0 Å². The van der Waals surface area contributed by atoms with Crippen molar-refractivity contribution in [3.8, 4) is 0 Å². The minimum absolute atomic E-state index is 0.0338. The Balaban J connectivity index is 1.45. The molecule has 2 amide bonds. The first-order valence-electron chi connectivity index (χ1n) is 11.3. The van der Waals surface area contributed by atoms with Crippen LogP contribution in [0.4, 0.5) is 15.2 Å². The van der Waals surface area contributed by atoms with Crippen LogP contribution in [0.1, 0.15) is 30.4 Å². The summed E-state index contributed by atoms with van der Waals surface area (Å²) in [4.78, 5) is 34.6. The van der Waals surface area contributed by atoms with E-state index >= 15 is 0 Å². The molecule has 0 N–H and O–H groups in total. The molecular formula is C25H26FN3O3S.